The van der Waals surface area contributed by atoms with Gasteiger partial charge in [0, 0.05) is 18.3 Å². The summed E-state index contributed by atoms with van der Waals surface area (Å²) in [6.07, 6.45) is 0.540. The zero-order chi connectivity index (χ0) is 17.2. The van der Waals surface area contributed by atoms with Crippen LogP contribution in [-0.2, 0) is 14.6 Å². The lowest BCUT2D eigenvalue weighted by Gasteiger charge is -2.30. The van der Waals surface area contributed by atoms with Gasteiger partial charge in [-0.3, -0.25) is 4.79 Å². The molecule has 0 aromatic heterocycles. The summed E-state index contributed by atoms with van der Waals surface area (Å²) in [7, 11) is -3.00. The zero-order valence-electron chi connectivity index (χ0n) is 14.3. The summed E-state index contributed by atoms with van der Waals surface area (Å²) in [4.78, 5) is 14.4. The largest absolute Gasteiger partial charge is 0.374 e. The van der Waals surface area contributed by atoms with Crippen molar-refractivity contribution in [3.8, 4) is 0 Å². The molecule has 0 radical (unpaired) electrons. The predicted molar refractivity (Wildman–Crippen MR) is 93.4 cm³/mol. The summed E-state index contributed by atoms with van der Waals surface area (Å²) < 4.78 is 23.3. The maximum absolute atomic E-state index is 12.7. The van der Waals surface area contributed by atoms with Crippen molar-refractivity contribution in [2.75, 3.05) is 23.4 Å². The van der Waals surface area contributed by atoms with E-state index < -0.39 is 15.9 Å². The lowest BCUT2D eigenvalue weighted by molar-refractivity contribution is -0.133. The van der Waals surface area contributed by atoms with Crippen molar-refractivity contribution in [3.63, 3.8) is 0 Å². The number of hydrogen-bond donors (Lipinski definition) is 1. The van der Waals surface area contributed by atoms with Gasteiger partial charge >= 0.3 is 0 Å². The van der Waals surface area contributed by atoms with Crippen molar-refractivity contribution in [1.29, 1.82) is 0 Å². The molecule has 1 aliphatic heterocycles. The number of carbonyl (C=O) groups is 1. The summed E-state index contributed by atoms with van der Waals surface area (Å²) in [6, 6.07) is 5.37. The first kappa shape index (κ1) is 17.8. The smallest absolute Gasteiger partial charge is 0.245 e. The van der Waals surface area contributed by atoms with Crippen molar-refractivity contribution in [2.24, 2.45) is 0 Å². The Labute approximate surface area is 139 Å². The van der Waals surface area contributed by atoms with Crippen LogP contribution < -0.4 is 5.32 Å². The average Bonchev–Trinajstić information content (AvgIpc) is 2.84. The van der Waals surface area contributed by atoms with Gasteiger partial charge in [0.15, 0.2) is 9.84 Å². The number of anilines is 1. The lowest BCUT2D eigenvalue weighted by Crippen LogP contribution is -2.47. The molecule has 128 valence electrons. The van der Waals surface area contributed by atoms with E-state index in [1.165, 1.54) is 5.56 Å². The van der Waals surface area contributed by atoms with Gasteiger partial charge in [-0.1, -0.05) is 12.1 Å². The van der Waals surface area contributed by atoms with Gasteiger partial charge in [0.2, 0.25) is 5.91 Å². The molecule has 0 aliphatic carbocycles. The number of likely N-dealkylation sites (N-methyl/N-ethyl adjacent to an activating group) is 1. The first-order chi connectivity index (χ1) is 10.7. The van der Waals surface area contributed by atoms with Gasteiger partial charge in [0.25, 0.3) is 0 Å². The number of nitrogens with zero attached hydrogens (tertiary/aromatic N) is 1. The van der Waals surface area contributed by atoms with Crippen molar-refractivity contribution in [2.45, 2.75) is 46.2 Å². The van der Waals surface area contributed by atoms with Gasteiger partial charge in [0.05, 0.1) is 11.5 Å². The van der Waals surface area contributed by atoms with Crippen LogP contribution in [0.25, 0.3) is 0 Å². The Hall–Kier alpha value is -1.56. The Bertz CT molecular complexity index is 685. The molecule has 2 unspecified atom stereocenters. The van der Waals surface area contributed by atoms with E-state index in [1.54, 1.807) is 4.90 Å². The molecule has 1 aromatic rings. The molecule has 1 amide bonds. The molecule has 0 saturated carbocycles. The van der Waals surface area contributed by atoms with Gasteiger partial charge in [-0.05, 0) is 51.3 Å². The van der Waals surface area contributed by atoms with Crippen LogP contribution in [0, 0.1) is 13.8 Å². The third kappa shape index (κ3) is 4.05. The van der Waals surface area contributed by atoms with Crippen LogP contribution in [0.2, 0.25) is 0 Å². The van der Waals surface area contributed by atoms with E-state index in [-0.39, 0.29) is 23.5 Å². The third-order valence-electron chi connectivity index (χ3n) is 4.62. The van der Waals surface area contributed by atoms with E-state index >= 15 is 0 Å². The second kappa shape index (κ2) is 6.91. The van der Waals surface area contributed by atoms with Crippen LogP contribution in [0.3, 0.4) is 0 Å². The second-order valence-corrected chi connectivity index (χ2v) is 8.52. The quantitative estimate of drug-likeness (QED) is 0.893. The fourth-order valence-electron chi connectivity index (χ4n) is 3.07. The Morgan fingerprint density at radius 2 is 2.09 bits per heavy atom. The third-order valence-corrected chi connectivity index (χ3v) is 6.37. The average molecular weight is 338 g/mol. The van der Waals surface area contributed by atoms with E-state index in [1.807, 2.05) is 45.9 Å². The second-order valence-electron chi connectivity index (χ2n) is 6.29. The first-order valence-corrected chi connectivity index (χ1v) is 9.91. The van der Waals surface area contributed by atoms with Crippen molar-refractivity contribution < 1.29 is 13.2 Å². The van der Waals surface area contributed by atoms with Crippen LogP contribution in [0.1, 0.15) is 31.4 Å². The molecule has 2 rings (SSSR count). The molecule has 1 aromatic carbocycles. The lowest BCUT2D eigenvalue weighted by atomic mass is 10.1. The van der Waals surface area contributed by atoms with Crippen LogP contribution in [0.15, 0.2) is 18.2 Å². The maximum atomic E-state index is 12.7. The monoisotopic (exact) mass is 338 g/mol. The van der Waals surface area contributed by atoms with Crippen molar-refractivity contribution in [1.82, 2.24) is 4.90 Å². The number of rotatable bonds is 5. The van der Waals surface area contributed by atoms with Gasteiger partial charge in [0.1, 0.15) is 6.04 Å². The Morgan fingerprint density at radius 1 is 1.39 bits per heavy atom. The fraction of sp³-hybridized carbons (Fsp3) is 0.588. The summed E-state index contributed by atoms with van der Waals surface area (Å²) in [5, 5.41) is 3.27. The Balaban J connectivity index is 2.10. The molecule has 1 N–H and O–H groups in total. The highest BCUT2D eigenvalue weighted by molar-refractivity contribution is 7.91. The number of sulfone groups is 1. The topological polar surface area (TPSA) is 66.5 Å². The van der Waals surface area contributed by atoms with Crippen LogP contribution >= 0.6 is 0 Å². The van der Waals surface area contributed by atoms with E-state index in [2.05, 4.69) is 5.32 Å². The highest BCUT2D eigenvalue weighted by atomic mass is 32.2. The van der Waals surface area contributed by atoms with Crippen LogP contribution in [-0.4, -0.2) is 49.4 Å². The highest BCUT2D eigenvalue weighted by Crippen LogP contribution is 2.21. The number of benzene rings is 1. The Kier molecular flexibility index (Phi) is 5.34. The minimum Gasteiger partial charge on any atom is -0.374 e. The van der Waals surface area contributed by atoms with E-state index in [9.17, 15) is 13.2 Å². The van der Waals surface area contributed by atoms with E-state index in [0.717, 1.165) is 11.3 Å². The molecule has 6 heteroatoms. The van der Waals surface area contributed by atoms with Crippen molar-refractivity contribution in [3.05, 3.63) is 29.3 Å². The maximum Gasteiger partial charge on any atom is 0.245 e. The van der Waals surface area contributed by atoms with E-state index in [0.29, 0.717) is 13.0 Å². The van der Waals surface area contributed by atoms with Crippen LogP contribution in [0.4, 0.5) is 5.69 Å². The molecular weight excluding hydrogens is 312 g/mol. The molecule has 2 atom stereocenters. The van der Waals surface area contributed by atoms with Gasteiger partial charge in [-0.15, -0.1) is 0 Å². The summed E-state index contributed by atoms with van der Waals surface area (Å²) in [6.45, 7) is 8.31. The van der Waals surface area contributed by atoms with Gasteiger partial charge in [-0.2, -0.15) is 0 Å². The standard InChI is InChI=1S/C17H26N2O3S/c1-5-19(15-9-10-23(21,22)11-15)17(20)14(4)18-16-8-6-7-12(2)13(16)3/h6-8,14-15,18H,5,9-11H2,1-4H3. The number of nitrogens with one attached hydrogen (secondary N) is 1. The molecular formula is C17H26N2O3S. The summed E-state index contributed by atoms with van der Waals surface area (Å²) in [5.74, 6) is 0.221. The minimum atomic E-state index is -3.00. The molecule has 0 bridgehead atoms. The molecule has 1 aliphatic rings. The van der Waals surface area contributed by atoms with Crippen molar-refractivity contribution >= 4 is 21.4 Å². The molecule has 23 heavy (non-hydrogen) atoms. The number of hydrogen-bond acceptors (Lipinski definition) is 4. The van der Waals surface area contributed by atoms with Gasteiger partial charge < -0.3 is 10.2 Å². The molecule has 0 spiro atoms. The number of amides is 1. The first-order valence-electron chi connectivity index (χ1n) is 8.09. The summed E-state index contributed by atoms with van der Waals surface area (Å²) in [5.41, 5.74) is 3.24. The summed E-state index contributed by atoms with van der Waals surface area (Å²) >= 11 is 0. The SMILES string of the molecule is CCN(C(=O)C(C)Nc1cccc(C)c1C)C1CCS(=O)(=O)C1. The van der Waals surface area contributed by atoms with E-state index in [4.69, 9.17) is 0 Å². The molecule has 1 heterocycles. The highest BCUT2D eigenvalue weighted by Gasteiger charge is 2.35. The van der Waals surface area contributed by atoms with Crippen LogP contribution in [0.5, 0.6) is 0 Å². The van der Waals surface area contributed by atoms with Gasteiger partial charge in [-0.25, -0.2) is 8.42 Å². The zero-order valence-corrected chi connectivity index (χ0v) is 15.1. The minimum absolute atomic E-state index is 0.0458. The normalized spacial score (nSPS) is 21.0. The molecule has 1 saturated heterocycles. The fourth-order valence-corrected chi connectivity index (χ4v) is 4.80. The number of carbonyl (C=O) groups excluding carboxylic acids is 1. The molecule has 1 fully saturated rings. The number of aryl methyl sites for hydroxylation is 1. The molecule has 5 nitrogen and oxygen atoms in total. The predicted octanol–water partition coefficient (Wildman–Crippen LogP) is 2.14. The Morgan fingerprint density at radius 3 is 2.65 bits per heavy atom.